The average Bonchev–Trinajstić information content (AvgIpc) is 2.37. The van der Waals surface area contributed by atoms with E-state index in [9.17, 15) is 13.2 Å². The van der Waals surface area contributed by atoms with Gasteiger partial charge in [-0.2, -0.15) is 14.6 Å². The average molecular weight is 249 g/mol. The molecule has 0 radical (unpaired) electrons. The molecule has 0 amide bonds. The number of nitriles is 1. The van der Waals surface area contributed by atoms with Gasteiger partial charge in [-0.05, 0) is 24.3 Å². The first-order valence-corrected chi connectivity index (χ1v) is 4.89. The van der Waals surface area contributed by atoms with Crippen LogP contribution in [0.3, 0.4) is 0 Å². The Morgan fingerprint density at radius 3 is 2.33 bits per heavy atom. The molecule has 3 nitrogen and oxygen atoms in total. The number of hydrogen-bond donors (Lipinski definition) is 1. The number of anilines is 2. The molecule has 0 saturated heterocycles. The van der Waals surface area contributed by atoms with Gasteiger partial charge in [0, 0.05) is 11.8 Å². The number of halogens is 3. The number of benzene rings is 1. The Kier molecular flexibility index (Phi) is 3.15. The van der Waals surface area contributed by atoms with E-state index in [1.807, 2.05) is 6.07 Å². The van der Waals surface area contributed by atoms with Crippen molar-refractivity contribution in [2.45, 2.75) is 0 Å². The van der Waals surface area contributed by atoms with Gasteiger partial charge in [0.25, 0.3) is 5.95 Å². The molecule has 0 saturated carbocycles. The standard InChI is InChI=1S/C12H6F3N3/c13-9-5-10(14)12(18-11(9)15)17-8-3-1-7(6-16)2-4-8/h1-5H,(H,17,18). The van der Waals surface area contributed by atoms with Crippen molar-refractivity contribution in [3.8, 4) is 6.07 Å². The molecule has 1 N–H and O–H groups in total. The number of hydrogen-bond acceptors (Lipinski definition) is 3. The molecule has 6 heteroatoms. The fourth-order valence-electron chi connectivity index (χ4n) is 1.30. The Balaban J connectivity index is 2.28. The summed E-state index contributed by atoms with van der Waals surface area (Å²) in [4.78, 5) is 3.12. The molecule has 2 rings (SSSR count). The number of rotatable bonds is 2. The van der Waals surface area contributed by atoms with Crippen molar-refractivity contribution >= 4 is 11.5 Å². The van der Waals surface area contributed by atoms with Crippen LogP contribution in [0.25, 0.3) is 0 Å². The third kappa shape index (κ3) is 2.40. The van der Waals surface area contributed by atoms with E-state index in [2.05, 4.69) is 10.3 Å². The van der Waals surface area contributed by atoms with Crippen molar-refractivity contribution in [1.82, 2.24) is 4.98 Å². The summed E-state index contributed by atoms with van der Waals surface area (Å²) in [5.41, 5.74) is 0.839. The van der Waals surface area contributed by atoms with Gasteiger partial charge in [0.15, 0.2) is 17.5 Å². The first-order chi connectivity index (χ1) is 8.60. The van der Waals surface area contributed by atoms with Crippen molar-refractivity contribution in [2.24, 2.45) is 0 Å². The maximum atomic E-state index is 13.3. The van der Waals surface area contributed by atoms with Gasteiger partial charge >= 0.3 is 0 Å². The Bertz CT molecular complexity index is 618. The predicted octanol–water partition coefficient (Wildman–Crippen LogP) is 3.11. The number of pyridine rings is 1. The molecule has 1 heterocycles. The van der Waals surface area contributed by atoms with Gasteiger partial charge < -0.3 is 5.32 Å². The maximum absolute atomic E-state index is 13.3. The molecule has 0 unspecified atom stereocenters. The van der Waals surface area contributed by atoms with Crippen molar-refractivity contribution in [3.63, 3.8) is 0 Å². The molecule has 1 aromatic carbocycles. The van der Waals surface area contributed by atoms with E-state index in [0.29, 0.717) is 17.3 Å². The Morgan fingerprint density at radius 1 is 1.06 bits per heavy atom. The fraction of sp³-hybridized carbons (Fsp3) is 0. The van der Waals surface area contributed by atoms with Crippen LogP contribution >= 0.6 is 0 Å². The van der Waals surface area contributed by atoms with E-state index < -0.39 is 23.4 Å². The summed E-state index contributed by atoms with van der Waals surface area (Å²) in [5.74, 6) is -4.15. The molecule has 0 bridgehead atoms. The number of nitrogens with one attached hydrogen (secondary N) is 1. The smallest absolute Gasteiger partial charge is 0.251 e. The minimum Gasteiger partial charge on any atom is -0.338 e. The summed E-state index contributed by atoms with van der Waals surface area (Å²) < 4.78 is 38.8. The Morgan fingerprint density at radius 2 is 1.72 bits per heavy atom. The molecule has 18 heavy (non-hydrogen) atoms. The zero-order valence-electron chi connectivity index (χ0n) is 8.92. The zero-order chi connectivity index (χ0) is 13.1. The summed E-state index contributed by atoms with van der Waals surface area (Å²) in [7, 11) is 0. The highest BCUT2D eigenvalue weighted by Gasteiger charge is 2.11. The highest BCUT2D eigenvalue weighted by molar-refractivity contribution is 5.57. The van der Waals surface area contributed by atoms with E-state index >= 15 is 0 Å². The molecule has 2 aromatic rings. The summed E-state index contributed by atoms with van der Waals surface area (Å²) >= 11 is 0. The quantitative estimate of drug-likeness (QED) is 0.832. The molecule has 1 aromatic heterocycles. The maximum Gasteiger partial charge on any atom is 0.251 e. The molecule has 90 valence electrons. The van der Waals surface area contributed by atoms with Crippen LogP contribution in [-0.4, -0.2) is 4.98 Å². The summed E-state index contributed by atoms with van der Waals surface area (Å²) in [6.07, 6.45) is 0. The van der Waals surface area contributed by atoms with Crippen LogP contribution in [0.1, 0.15) is 5.56 Å². The minimum absolute atomic E-state index is 0.409. The fourth-order valence-corrected chi connectivity index (χ4v) is 1.30. The van der Waals surface area contributed by atoms with Crippen LogP contribution in [0.5, 0.6) is 0 Å². The van der Waals surface area contributed by atoms with Crippen LogP contribution in [0.2, 0.25) is 0 Å². The van der Waals surface area contributed by atoms with Crippen LogP contribution in [0, 0.1) is 28.9 Å². The van der Waals surface area contributed by atoms with Crippen LogP contribution in [0.4, 0.5) is 24.7 Å². The van der Waals surface area contributed by atoms with E-state index in [1.54, 1.807) is 0 Å². The summed E-state index contributed by atoms with van der Waals surface area (Å²) in [6.45, 7) is 0. The molecule has 0 spiro atoms. The molecule has 0 fully saturated rings. The van der Waals surface area contributed by atoms with Crippen LogP contribution in [-0.2, 0) is 0 Å². The third-order valence-corrected chi connectivity index (χ3v) is 2.16. The normalized spacial score (nSPS) is 9.89. The summed E-state index contributed by atoms with van der Waals surface area (Å²) in [6, 6.07) is 8.33. The molecular weight excluding hydrogens is 243 g/mol. The lowest BCUT2D eigenvalue weighted by Gasteiger charge is -2.06. The van der Waals surface area contributed by atoms with E-state index in [1.165, 1.54) is 24.3 Å². The summed E-state index contributed by atoms with van der Waals surface area (Å²) in [5, 5.41) is 11.1. The topological polar surface area (TPSA) is 48.7 Å². The van der Waals surface area contributed by atoms with Crippen molar-refractivity contribution in [3.05, 3.63) is 53.5 Å². The molecule has 0 atom stereocenters. The highest BCUT2D eigenvalue weighted by atomic mass is 19.2. The lowest BCUT2D eigenvalue weighted by molar-refractivity contribution is 0.467. The predicted molar refractivity (Wildman–Crippen MR) is 58.6 cm³/mol. The van der Waals surface area contributed by atoms with E-state index in [-0.39, 0.29) is 0 Å². The Hall–Kier alpha value is -2.55. The molecule has 0 aliphatic heterocycles. The second-order valence-electron chi connectivity index (χ2n) is 3.41. The number of nitrogens with zero attached hydrogens (tertiary/aromatic N) is 2. The Labute approximate surface area is 101 Å². The SMILES string of the molecule is N#Cc1ccc(Nc2nc(F)c(F)cc2F)cc1. The minimum atomic E-state index is -1.38. The highest BCUT2D eigenvalue weighted by Crippen LogP contribution is 2.19. The van der Waals surface area contributed by atoms with Gasteiger partial charge in [0.2, 0.25) is 0 Å². The first kappa shape index (κ1) is 11.9. The third-order valence-electron chi connectivity index (χ3n) is 2.16. The van der Waals surface area contributed by atoms with Crippen molar-refractivity contribution < 1.29 is 13.2 Å². The van der Waals surface area contributed by atoms with Crippen LogP contribution < -0.4 is 5.32 Å². The molecule has 0 aliphatic carbocycles. The van der Waals surface area contributed by atoms with Gasteiger partial charge in [-0.15, -0.1) is 0 Å². The van der Waals surface area contributed by atoms with Gasteiger partial charge in [-0.3, -0.25) is 0 Å². The van der Waals surface area contributed by atoms with Crippen molar-refractivity contribution in [1.29, 1.82) is 5.26 Å². The van der Waals surface area contributed by atoms with Crippen LogP contribution in [0.15, 0.2) is 30.3 Å². The monoisotopic (exact) mass is 249 g/mol. The van der Waals surface area contributed by atoms with E-state index in [4.69, 9.17) is 5.26 Å². The molecule has 0 aliphatic rings. The van der Waals surface area contributed by atoms with Gasteiger partial charge in [-0.1, -0.05) is 0 Å². The second-order valence-corrected chi connectivity index (χ2v) is 3.41. The lowest BCUT2D eigenvalue weighted by atomic mass is 10.2. The largest absolute Gasteiger partial charge is 0.338 e. The van der Waals surface area contributed by atoms with Crippen molar-refractivity contribution in [2.75, 3.05) is 5.32 Å². The van der Waals surface area contributed by atoms with E-state index in [0.717, 1.165) is 0 Å². The first-order valence-electron chi connectivity index (χ1n) is 4.89. The molecular formula is C12H6F3N3. The van der Waals surface area contributed by atoms with Gasteiger partial charge in [-0.25, -0.2) is 8.78 Å². The zero-order valence-corrected chi connectivity index (χ0v) is 8.92. The lowest BCUT2D eigenvalue weighted by Crippen LogP contribution is -2.01. The van der Waals surface area contributed by atoms with Gasteiger partial charge in [0.1, 0.15) is 0 Å². The number of aromatic nitrogens is 1. The van der Waals surface area contributed by atoms with Gasteiger partial charge in [0.05, 0.1) is 11.6 Å². The second kappa shape index (κ2) is 4.75.